The lowest BCUT2D eigenvalue weighted by molar-refractivity contribution is 0.0691. The molecular weight excluding hydrogens is 283 g/mol. The van der Waals surface area contributed by atoms with E-state index < -0.39 is 5.97 Å². The maximum atomic E-state index is 10.6. The Morgan fingerprint density at radius 2 is 2.38 bits per heavy atom. The fourth-order valence-corrected chi connectivity index (χ4v) is 1.50. The minimum atomic E-state index is -1.00. The Balaban J connectivity index is 2.68. The highest BCUT2D eigenvalue weighted by molar-refractivity contribution is 14.1. The van der Waals surface area contributed by atoms with E-state index in [1.165, 1.54) is 6.20 Å². The quantitative estimate of drug-likeness (QED) is 0.812. The number of carbonyl (C=O) groups is 1. The summed E-state index contributed by atoms with van der Waals surface area (Å²) in [5.41, 5.74) is 0.728. The van der Waals surface area contributed by atoms with Crippen molar-refractivity contribution in [2.45, 2.75) is 0 Å². The number of nitrogens with zero attached hydrogens (tertiary/aromatic N) is 2. The van der Waals surface area contributed by atoms with Crippen LogP contribution < -0.4 is 0 Å². The van der Waals surface area contributed by atoms with Crippen molar-refractivity contribution in [1.29, 1.82) is 0 Å². The summed E-state index contributed by atoms with van der Waals surface area (Å²) in [7, 11) is 0. The normalized spacial score (nSPS) is 10.5. The Hall–Kier alpha value is -1.11. The molecule has 13 heavy (non-hydrogen) atoms. The second kappa shape index (κ2) is 2.99. The zero-order valence-electron chi connectivity index (χ0n) is 6.44. The Morgan fingerprint density at radius 1 is 1.62 bits per heavy atom. The fourth-order valence-electron chi connectivity index (χ4n) is 1.06. The summed E-state index contributed by atoms with van der Waals surface area (Å²) in [4.78, 5) is 14.5. The molecule has 5 heteroatoms. The van der Waals surface area contributed by atoms with Crippen LogP contribution in [0.2, 0.25) is 0 Å². The molecule has 0 atom stereocenters. The molecule has 0 saturated heterocycles. The van der Waals surface area contributed by atoms with E-state index in [2.05, 4.69) is 27.6 Å². The van der Waals surface area contributed by atoms with Crippen LogP contribution >= 0.6 is 22.6 Å². The molecule has 0 aliphatic heterocycles. The average molecular weight is 288 g/mol. The van der Waals surface area contributed by atoms with E-state index in [-0.39, 0.29) is 5.69 Å². The molecular formula is C8H5IN2O2. The monoisotopic (exact) mass is 288 g/mol. The number of hydrogen-bond acceptors (Lipinski definition) is 2. The first-order valence-corrected chi connectivity index (χ1v) is 4.62. The van der Waals surface area contributed by atoms with Gasteiger partial charge in [-0.05, 0) is 34.7 Å². The Morgan fingerprint density at radius 3 is 3.08 bits per heavy atom. The number of rotatable bonds is 1. The summed E-state index contributed by atoms with van der Waals surface area (Å²) in [5, 5.41) is 8.68. The molecule has 0 amide bonds. The summed E-state index contributed by atoms with van der Waals surface area (Å²) in [6.07, 6.45) is 3.28. The molecule has 0 aliphatic carbocycles. The number of aromatic nitrogens is 2. The van der Waals surface area contributed by atoms with E-state index in [0.717, 1.165) is 3.57 Å². The first-order chi connectivity index (χ1) is 6.16. The zero-order chi connectivity index (χ0) is 9.42. The number of hydrogen-bond donors (Lipinski definition) is 1. The van der Waals surface area contributed by atoms with E-state index in [9.17, 15) is 4.79 Å². The molecule has 0 radical (unpaired) electrons. The van der Waals surface area contributed by atoms with Gasteiger partial charge >= 0.3 is 5.97 Å². The molecule has 0 aromatic carbocycles. The summed E-state index contributed by atoms with van der Waals surface area (Å²) >= 11 is 2.15. The van der Waals surface area contributed by atoms with Crippen LogP contribution in [0.25, 0.3) is 5.65 Å². The van der Waals surface area contributed by atoms with Gasteiger partial charge in [-0.2, -0.15) is 0 Å². The zero-order valence-corrected chi connectivity index (χ0v) is 8.59. The van der Waals surface area contributed by atoms with Gasteiger partial charge in [-0.1, -0.05) is 0 Å². The summed E-state index contributed by atoms with van der Waals surface area (Å²) in [6, 6.07) is 3.72. The Labute approximate surface area is 87.4 Å². The summed E-state index contributed by atoms with van der Waals surface area (Å²) in [6.45, 7) is 0. The van der Waals surface area contributed by atoms with Gasteiger partial charge in [-0.15, -0.1) is 0 Å². The van der Waals surface area contributed by atoms with Crippen molar-refractivity contribution >= 4 is 34.2 Å². The molecule has 2 aromatic heterocycles. The molecule has 0 bridgehead atoms. The van der Waals surface area contributed by atoms with Crippen molar-refractivity contribution in [3.05, 3.63) is 33.8 Å². The third kappa shape index (κ3) is 1.51. The first kappa shape index (κ1) is 8.49. The van der Waals surface area contributed by atoms with Gasteiger partial charge in [-0.25, -0.2) is 9.78 Å². The topological polar surface area (TPSA) is 54.6 Å². The molecule has 0 saturated carbocycles. The number of carboxylic acids is 1. The first-order valence-electron chi connectivity index (χ1n) is 3.54. The van der Waals surface area contributed by atoms with Gasteiger partial charge in [0, 0.05) is 16.0 Å². The average Bonchev–Trinajstić information content (AvgIpc) is 2.46. The van der Waals surface area contributed by atoms with E-state index in [4.69, 9.17) is 5.11 Å². The third-order valence-electron chi connectivity index (χ3n) is 1.64. The second-order valence-corrected chi connectivity index (χ2v) is 3.79. The highest BCUT2D eigenvalue weighted by atomic mass is 127. The van der Waals surface area contributed by atoms with Crippen LogP contribution in [0.4, 0.5) is 0 Å². The molecule has 2 rings (SSSR count). The lowest BCUT2D eigenvalue weighted by Crippen LogP contribution is -1.94. The van der Waals surface area contributed by atoms with Gasteiger partial charge in [0.05, 0.1) is 0 Å². The molecule has 0 unspecified atom stereocenters. The minimum Gasteiger partial charge on any atom is -0.476 e. The lowest BCUT2D eigenvalue weighted by atomic mass is 10.5. The molecule has 0 fully saturated rings. The summed E-state index contributed by atoms with van der Waals surface area (Å²) in [5.74, 6) is -1.00. The Bertz CT molecular complexity index is 478. The third-order valence-corrected chi connectivity index (χ3v) is 2.31. The van der Waals surface area contributed by atoms with Gasteiger partial charge in [0.1, 0.15) is 5.65 Å². The van der Waals surface area contributed by atoms with E-state index in [1.54, 1.807) is 10.6 Å². The molecule has 1 N–H and O–H groups in total. The molecule has 4 nitrogen and oxygen atoms in total. The molecule has 2 heterocycles. The maximum Gasteiger partial charge on any atom is 0.356 e. The minimum absolute atomic E-state index is 0.0713. The van der Waals surface area contributed by atoms with Crippen molar-refractivity contribution in [2.75, 3.05) is 0 Å². The van der Waals surface area contributed by atoms with Crippen molar-refractivity contribution in [3.63, 3.8) is 0 Å². The number of carboxylic acid groups (broad SMARTS) is 1. The van der Waals surface area contributed by atoms with Gasteiger partial charge < -0.3 is 9.51 Å². The standard InChI is InChI=1S/C8H5IN2O2/c9-5-1-2-11-4-6(8(12)13)10-7(11)3-5/h1-4H,(H,12,13). The van der Waals surface area contributed by atoms with Crippen molar-refractivity contribution < 1.29 is 9.90 Å². The molecule has 66 valence electrons. The van der Waals surface area contributed by atoms with E-state index in [0.29, 0.717) is 5.65 Å². The van der Waals surface area contributed by atoms with Crippen LogP contribution in [-0.2, 0) is 0 Å². The van der Waals surface area contributed by atoms with Crippen molar-refractivity contribution in [2.24, 2.45) is 0 Å². The molecule has 2 aromatic rings. The Kier molecular flexibility index (Phi) is 1.95. The van der Waals surface area contributed by atoms with Gasteiger partial charge in [-0.3, -0.25) is 0 Å². The largest absolute Gasteiger partial charge is 0.476 e. The van der Waals surface area contributed by atoms with Gasteiger partial charge in [0.15, 0.2) is 5.69 Å². The fraction of sp³-hybridized carbons (Fsp3) is 0. The highest BCUT2D eigenvalue weighted by Gasteiger charge is 2.07. The highest BCUT2D eigenvalue weighted by Crippen LogP contribution is 2.09. The number of imidazole rings is 1. The maximum absolute atomic E-state index is 10.6. The van der Waals surface area contributed by atoms with Crippen LogP contribution in [0.1, 0.15) is 10.5 Å². The number of pyridine rings is 1. The van der Waals surface area contributed by atoms with Crippen LogP contribution in [0.15, 0.2) is 24.5 Å². The van der Waals surface area contributed by atoms with Crippen molar-refractivity contribution in [1.82, 2.24) is 9.38 Å². The predicted octanol–water partition coefficient (Wildman–Crippen LogP) is 1.64. The van der Waals surface area contributed by atoms with Crippen molar-refractivity contribution in [3.8, 4) is 0 Å². The lowest BCUT2D eigenvalue weighted by Gasteiger charge is -1.91. The van der Waals surface area contributed by atoms with E-state index in [1.807, 2.05) is 12.1 Å². The number of halogens is 1. The molecule has 0 spiro atoms. The molecule has 0 aliphatic rings. The number of fused-ring (bicyclic) bond motifs is 1. The van der Waals surface area contributed by atoms with Crippen LogP contribution in [0.3, 0.4) is 0 Å². The van der Waals surface area contributed by atoms with Crippen LogP contribution in [0.5, 0.6) is 0 Å². The predicted molar refractivity (Wildman–Crippen MR) is 54.9 cm³/mol. The summed E-state index contributed by atoms with van der Waals surface area (Å²) < 4.78 is 2.72. The van der Waals surface area contributed by atoms with E-state index >= 15 is 0 Å². The van der Waals surface area contributed by atoms with Crippen LogP contribution in [-0.4, -0.2) is 20.5 Å². The van der Waals surface area contributed by atoms with Gasteiger partial charge in [0.2, 0.25) is 0 Å². The SMILES string of the molecule is O=C(O)c1cn2ccc(I)cc2n1. The van der Waals surface area contributed by atoms with Crippen LogP contribution in [0, 0.1) is 3.57 Å². The smallest absolute Gasteiger partial charge is 0.356 e. The number of aromatic carboxylic acids is 1. The second-order valence-electron chi connectivity index (χ2n) is 2.54. The van der Waals surface area contributed by atoms with Gasteiger partial charge in [0.25, 0.3) is 0 Å².